The summed E-state index contributed by atoms with van der Waals surface area (Å²) in [7, 11) is 0. The van der Waals surface area contributed by atoms with Crippen LogP contribution in [-0.4, -0.2) is 25.5 Å². The van der Waals surface area contributed by atoms with Gasteiger partial charge in [-0.15, -0.1) is 0 Å². The van der Waals surface area contributed by atoms with Crippen molar-refractivity contribution in [3.8, 4) is 39.9 Å². The zero-order chi connectivity index (χ0) is 15.1. The summed E-state index contributed by atoms with van der Waals surface area (Å²) in [4.78, 5) is 0. The van der Waals surface area contributed by atoms with Crippen molar-refractivity contribution in [1.29, 1.82) is 0 Å². The number of hydrogen-bond acceptors (Lipinski definition) is 5. The van der Waals surface area contributed by atoms with Crippen LogP contribution in [0.15, 0.2) is 42.5 Å². The number of benzene rings is 3. The Bertz CT molecular complexity index is 855. The molecule has 0 aliphatic heterocycles. The van der Waals surface area contributed by atoms with Gasteiger partial charge in [-0.3, -0.25) is 0 Å². The van der Waals surface area contributed by atoms with Gasteiger partial charge in [0.2, 0.25) is 0 Å². The van der Waals surface area contributed by atoms with Crippen LogP contribution in [0.2, 0.25) is 0 Å². The SMILES string of the molecule is Oc1cc(O)c2cc(O)c(-c3ccc(O)c(O)c3)cc2c1. The van der Waals surface area contributed by atoms with Crippen molar-refractivity contribution in [1.82, 2.24) is 0 Å². The van der Waals surface area contributed by atoms with Crippen molar-refractivity contribution in [3.63, 3.8) is 0 Å². The molecule has 0 saturated heterocycles. The van der Waals surface area contributed by atoms with Crippen molar-refractivity contribution in [2.24, 2.45) is 0 Å². The first-order valence-electron chi connectivity index (χ1n) is 6.17. The van der Waals surface area contributed by atoms with Gasteiger partial charge in [0.15, 0.2) is 11.5 Å². The Balaban J connectivity index is 2.27. The van der Waals surface area contributed by atoms with E-state index in [-0.39, 0.29) is 28.7 Å². The lowest BCUT2D eigenvalue weighted by molar-refractivity contribution is 0.404. The normalized spacial score (nSPS) is 10.9. The Labute approximate surface area is 119 Å². The fourth-order valence-corrected chi connectivity index (χ4v) is 2.29. The summed E-state index contributed by atoms with van der Waals surface area (Å²) in [6.07, 6.45) is 0. The highest BCUT2D eigenvalue weighted by Crippen LogP contribution is 2.40. The number of rotatable bonds is 1. The highest BCUT2D eigenvalue weighted by molar-refractivity contribution is 5.95. The van der Waals surface area contributed by atoms with Gasteiger partial charge in [-0.1, -0.05) is 6.07 Å². The van der Waals surface area contributed by atoms with Gasteiger partial charge < -0.3 is 25.5 Å². The topological polar surface area (TPSA) is 101 Å². The number of aromatic hydroxyl groups is 5. The lowest BCUT2D eigenvalue weighted by atomic mass is 9.99. The minimum Gasteiger partial charge on any atom is -0.508 e. The fourth-order valence-electron chi connectivity index (χ4n) is 2.29. The van der Waals surface area contributed by atoms with E-state index >= 15 is 0 Å². The fraction of sp³-hybridized carbons (Fsp3) is 0. The van der Waals surface area contributed by atoms with Crippen LogP contribution in [0.5, 0.6) is 28.7 Å². The Morgan fingerprint density at radius 1 is 0.571 bits per heavy atom. The number of phenolic OH excluding ortho intramolecular Hbond substituents is 5. The minimum atomic E-state index is -0.300. The largest absolute Gasteiger partial charge is 0.508 e. The van der Waals surface area contributed by atoms with Crippen LogP contribution in [0.3, 0.4) is 0 Å². The zero-order valence-electron chi connectivity index (χ0n) is 10.8. The molecule has 106 valence electrons. The predicted molar refractivity (Wildman–Crippen MR) is 77.7 cm³/mol. The second kappa shape index (κ2) is 4.49. The summed E-state index contributed by atoms with van der Waals surface area (Å²) in [6.45, 7) is 0. The van der Waals surface area contributed by atoms with Crippen LogP contribution in [0, 0.1) is 0 Å². The smallest absolute Gasteiger partial charge is 0.158 e. The maximum Gasteiger partial charge on any atom is 0.158 e. The monoisotopic (exact) mass is 284 g/mol. The summed E-state index contributed by atoms with van der Waals surface area (Å²) >= 11 is 0. The molecule has 5 heteroatoms. The van der Waals surface area contributed by atoms with E-state index in [1.807, 2.05) is 0 Å². The molecule has 0 aliphatic rings. The molecule has 0 heterocycles. The van der Waals surface area contributed by atoms with Crippen molar-refractivity contribution in [2.75, 3.05) is 0 Å². The molecule has 21 heavy (non-hydrogen) atoms. The van der Waals surface area contributed by atoms with Gasteiger partial charge >= 0.3 is 0 Å². The van der Waals surface area contributed by atoms with Crippen LogP contribution in [-0.2, 0) is 0 Å². The lowest BCUT2D eigenvalue weighted by Gasteiger charge is -2.10. The molecule has 0 spiro atoms. The van der Waals surface area contributed by atoms with Crippen molar-refractivity contribution >= 4 is 10.8 Å². The third kappa shape index (κ3) is 2.14. The quantitative estimate of drug-likeness (QED) is 0.442. The molecule has 3 aromatic rings. The molecule has 0 aliphatic carbocycles. The molecule has 3 rings (SSSR count). The first-order valence-corrected chi connectivity index (χ1v) is 6.17. The Kier molecular flexibility index (Phi) is 2.76. The van der Waals surface area contributed by atoms with E-state index in [9.17, 15) is 25.5 Å². The molecule has 0 radical (unpaired) electrons. The van der Waals surface area contributed by atoms with Crippen LogP contribution >= 0.6 is 0 Å². The predicted octanol–water partition coefficient (Wildman–Crippen LogP) is 3.03. The Morgan fingerprint density at radius 2 is 1.33 bits per heavy atom. The average molecular weight is 284 g/mol. The van der Waals surface area contributed by atoms with Crippen molar-refractivity contribution in [2.45, 2.75) is 0 Å². The van der Waals surface area contributed by atoms with Crippen LogP contribution in [0.4, 0.5) is 0 Å². The van der Waals surface area contributed by atoms with Gasteiger partial charge in [0.25, 0.3) is 0 Å². The zero-order valence-corrected chi connectivity index (χ0v) is 10.8. The summed E-state index contributed by atoms with van der Waals surface area (Å²) in [5.74, 6) is -0.876. The molecule has 3 aromatic carbocycles. The van der Waals surface area contributed by atoms with Crippen LogP contribution < -0.4 is 0 Å². The second-order valence-corrected chi connectivity index (χ2v) is 4.76. The minimum absolute atomic E-state index is 0.0893. The average Bonchev–Trinajstić information content (AvgIpc) is 2.42. The van der Waals surface area contributed by atoms with Crippen molar-refractivity contribution < 1.29 is 25.5 Å². The molecular weight excluding hydrogens is 272 g/mol. The number of fused-ring (bicyclic) bond motifs is 1. The summed E-state index contributed by atoms with van der Waals surface area (Å²) in [5.41, 5.74) is 0.898. The molecule has 5 nitrogen and oxygen atoms in total. The maximum absolute atomic E-state index is 10.1. The van der Waals surface area contributed by atoms with Gasteiger partial charge in [-0.05, 0) is 41.3 Å². The molecule has 0 bridgehead atoms. The number of phenols is 5. The molecule has 0 unspecified atom stereocenters. The van der Waals surface area contributed by atoms with Crippen molar-refractivity contribution in [3.05, 3.63) is 42.5 Å². The van der Waals surface area contributed by atoms with Gasteiger partial charge in [-0.25, -0.2) is 0 Å². The summed E-state index contributed by atoms with van der Waals surface area (Å²) in [5, 5.41) is 49.2. The second-order valence-electron chi connectivity index (χ2n) is 4.76. The van der Waals surface area contributed by atoms with E-state index < -0.39 is 0 Å². The number of hydrogen-bond donors (Lipinski definition) is 5. The third-order valence-electron chi connectivity index (χ3n) is 3.32. The van der Waals surface area contributed by atoms with Gasteiger partial charge in [0, 0.05) is 17.0 Å². The van der Waals surface area contributed by atoms with E-state index in [0.717, 1.165) is 0 Å². The summed E-state index contributed by atoms with van der Waals surface area (Å²) < 4.78 is 0. The molecule has 0 saturated carbocycles. The molecule has 5 N–H and O–H groups in total. The van der Waals surface area contributed by atoms with Gasteiger partial charge in [0.05, 0.1) is 0 Å². The van der Waals surface area contributed by atoms with Crippen LogP contribution in [0.25, 0.3) is 21.9 Å². The molecule has 0 atom stereocenters. The molecular formula is C16H12O5. The van der Waals surface area contributed by atoms with Crippen LogP contribution in [0.1, 0.15) is 0 Å². The molecule has 0 aromatic heterocycles. The summed E-state index contributed by atoms with van der Waals surface area (Å²) in [6, 6.07) is 9.77. The van der Waals surface area contributed by atoms with E-state index in [1.54, 1.807) is 12.1 Å². The van der Waals surface area contributed by atoms with E-state index in [2.05, 4.69) is 0 Å². The van der Waals surface area contributed by atoms with Gasteiger partial charge in [-0.2, -0.15) is 0 Å². The first kappa shape index (κ1) is 12.9. The Hall–Kier alpha value is -3.08. The van der Waals surface area contributed by atoms with E-state index in [1.165, 1.54) is 30.3 Å². The highest BCUT2D eigenvalue weighted by Gasteiger charge is 2.11. The highest BCUT2D eigenvalue weighted by atomic mass is 16.3. The lowest BCUT2D eigenvalue weighted by Crippen LogP contribution is -1.82. The van der Waals surface area contributed by atoms with E-state index in [0.29, 0.717) is 21.9 Å². The maximum atomic E-state index is 10.1. The first-order chi connectivity index (χ1) is 9.95. The molecule has 0 amide bonds. The third-order valence-corrected chi connectivity index (χ3v) is 3.32. The van der Waals surface area contributed by atoms with Gasteiger partial charge in [0.1, 0.15) is 17.2 Å². The standard InChI is InChI=1S/C16H12O5/c17-10-3-9-4-11(8-1-2-13(18)16(21)5-8)15(20)7-12(9)14(19)6-10/h1-7,17-21H. The van der Waals surface area contributed by atoms with E-state index in [4.69, 9.17) is 0 Å². The molecule has 0 fully saturated rings. The Morgan fingerprint density at radius 3 is 2.05 bits per heavy atom.